The minimum atomic E-state index is -2.99. The van der Waals surface area contributed by atoms with Gasteiger partial charge in [-0.25, -0.2) is 13.1 Å². The fourth-order valence-corrected chi connectivity index (χ4v) is 4.06. The first-order valence-corrected chi connectivity index (χ1v) is 8.88. The second kappa shape index (κ2) is 6.52. The minimum Gasteiger partial charge on any atom is -0.373 e. The standard InChI is InChI=1S/C13H26N2O3S/c1-11-9-15(10-12(2)18-11)8-4-3-7-14-19(16,17)13-5-6-13/h11-14H,3-10H2,1-2H3. The third-order valence-corrected chi connectivity index (χ3v) is 5.62. The van der Waals surface area contributed by atoms with Crippen LogP contribution in [-0.2, 0) is 14.8 Å². The van der Waals surface area contributed by atoms with Crippen LogP contribution >= 0.6 is 0 Å². The van der Waals surface area contributed by atoms with Gasteiger partial charge in [-0.05, 0) is 46.1 Å². The molecule has 0 spiro atoms. The molecular formula is C13H26N2O3S. The molecule has 2 aliphatic rings. The summed E-state index contributed by atoms with van der Waals surface area (Å²) >= 11 is 0. The first-order chi connectivity index (χ1) is 8.97. The van der Waals surface area contributed by atoms with Gasteiger partial charge >= 0.3 is 0 Å². The molecule has 0 radical (unpaired) electrons. The zero-order chi connectivity index (χ0) is 13.9. The summed E-state index contributed by atoms with van der Waals surface area (Å²) in [6.07, 6.45) is 4.21. The molecule has 1 N–H and O–H groups in total. The molecule has 1 saturated heterocycles. The molecule has 0 aromatic rings. The second-order valence-electron chi connectivity index (χ2n) is 5.86. The largest absolute Gasteiger partial charge is 0.373 e. The Labute approximate surface area is 116 Å². The Kier molecular flexibility index (Phi) is 5.22. The molecule has 1 heterocycles. The lowest BCUT2D eigenvalue weighted by atomic mass is 10.2. The van der Waals surface area contributed by atoms with E-state index in [1.54, 1.807) is 0 Å². The molecule has 1 saturated carbocycles. The number of rotatable bonds is 7. The van der Waals surface area contributed by atoms with Crippen LogP contribution in [0.2, 0.25) is 0 Å². The maximum Gasteiger partial charge on any atom is 0.214 e. The van der Waals surface area contributed by atoms with Gasteiger partial charge in [-0.3, -0.25) is 4.90 Å². The normalized spacial score (nSPS) is 29.6. The fraction of sp³-hybridized carbons (Fsp3) is 1.00. The van der Waals surface area contributed by atoms with Gasteiger partial charge in [0.05, 0.1) is 17.5 Å². The molecule has 6 heteroatoms. The van der Waals surface area contributed by atoms with Crippen molar-refractivity contribution in [2.75, 3.05) is 26.2 Å². The van der Waals surface area contributed by atoms with Crippen LogP contribution in [0, 0.1) is 0 Å². The Morgan fingerprint density at radius 2 is 1.79 bits per heavy atom. The first-order valence-electron chi connectivity index (χ1n) is 7.33. The van der Waals surface area contributed by atoms with Gasteiger partial charge in [0.15, 0.2) is 0 Å². The summed E-state index contributed by atoms with van der Waals surface area (Å²) in [6.45, 7) is 7.78. The summed E-state index contributed by atoms with van der Waals surface area (Å²) < 4.78 is 31.6. The molecule has 2 fully saturated rings. The summed E-state index contributed by atoms with van der Waals surface area (Å²) in [7, 11) is -2.99. The van der Waals surface area contributed by atoms with Crippen LogP contribution in [0.3, 0.4) is 0 Å². The van der Waals surface area contributed by atoms with E-state index in [9.17, 15) is 8.42 Å². The third kappa shape index (κ3) is 5.02. The van der Waals surface area contributed by atoms with E-state index in [1.807, 2.05) is 0 Å². The summed E-state index contributed by atoms with van der Waals surface area (Å²) in [5.41, 5.74) is 0. The van der Waals surface area contributed by atoms with Crippen molar-refractivity contribution in [3.63, 3.8) is 0 Å². The lowest BCUT2D eigenvalue weighted by Gasteiger charge is -2.35. The summed E-state index contributed by atoms with van der Waals surface area (Å²) in [6, 6.07) is 0. The van der Waals surface area contributed by atoms with Gasteiger partial charge in [-0.15, -0.1) is 0 Å². The number of unbranched alkanes of at least 4 members (excludes halogenated alkanes) is 1. The summed E-state index contributed by atoms with van der Waals surface area (Å²) in [4.78, 5) is 2.41. The van der Waals surface area contributed by atoms with Crippen molar-refractivity contribution in [3.8, 4) is 0 Å². The Morgan fingerprint density at radius 1 is 1.16 bits per heavy atom. The van der Waals surface area contributed by atoms with Gasteiger partial charge in [0.2, 0.25) is 10.0 Å². The molecule has 0 amide bonds. The first kappa shape index (κ1) is 15.2. The fourth-order valence-electron chi connectivity index (χ4n) is 2.64. The van der Waals surface area contributed by atoms with E-state index in [-0.39, 0.29) is 5.25 Å². The average molecular weight is 290 g/mol. The Morgan fingerprint density at radius 3 is 2.37 bits per heavy atom. The van der Waals surface area contributed by atoms with E-state index in [0.717, 1.165) is 45.3 Å². The van der Waals surface area contributed by atoms with Crippen molar-refractivity contribution in [1.82, 2.24) is 9.62 Å². The third-order valence-electron chi connectivity index (χ3n) is 3.66. The quantitative estimate of drug-likeness (QED) is 0.710. The van der Waals surface area contributed by atoms with Crippen molar-refractivity contribution in [2.24, 2.45) is 0 Å². The molecular weight excluding hydrogens is 264 g/mol. The van der Waals surface area contributed by atoms with Crippen LogP contribution in [0.4, 0.5) is 0 Å². The summed E-state index contributed by atoms with van der Waals surface area (Å²) in [5.74, 6) is 0. The van der Waals surface area contributed by atoms with Gasteiger partial charge < -0.3 is 4.74 Å². The van der Waals surface area contributed by atoms with Gasteiger partial charge in [0, 0.05) is 19.6 Å². The zero-order valence-electron chi connectivity index (χ0n) is 12.0. The predicted octanol–water partition coefficient (Wildman–Crippen LogP) is 0.958. The van der Waals surface area contributed by atoms with E-state index in [0.29, 0.717) is 18.8 Å². The number of ether oxygens (including phenoxy) is 1. The molecule has 2 atom stereocenters. The van der Waals surface area contributed by atoms with E-state index in [2.05, 4.69) is 23.5 Å². The van der Waals surface area contributed by atoms with Crippen molar-refractivity contribution in [2.45, 2.75) is 57.0 Å². The predicted molar refractivity (Wildman–Crippen MR) is 75.6 cm³/mol. The van der Waals surface area contributed by atoms with Crippen LogP contribution in [0.5, 0.6) is 0 Å². The van der Waals surface area contributed by atoms with Crippen LogP contribution in [0.25, 0.3) is 0 Å². The highest BCUT2D eigenvalue weighted by Gasteiger charge is 2.35. The van der Waals surface area contributed by atoms with Crippen LogP contribution in [0.1, 0.15) is 39.5 Å². The van der Waals surface area contributed by atoms with Crippen LogP contribution < -0.4 is 4.72 Å². The van der Waals surface area contributed by atoms with Gasteiger partial charge in [0.25, 0.3) is 0 Å². The second-order valence-corrected chi connectivity index (χ2v) is 7.91. The van der Waals surface area contributed by atoms with Crippen LogP contribution in [-0.4, -0.2) is 57.0 Å². The summed E-state index contributed by atoms with van der Waals surface area (Å²) in [5, 5.41) is -0.103. The number of nitrogens with one attached hydrogen (secondary N) is 1. The number of morpholine rings is 1. The molecule has 1 aliphatic heterocycles. The van der Waals surface area contributed by atoms with Crippen molar-refractivity contribution >= 4 is 10.0 Å². The highest BCUT2D eigenvalue weighted by Crippen LogP contribution is 2.27. The van der Waals surface area contributed by atoms with Crippen molar-refractivity contribution < 1.29 is 13.2 Å². The minimum absolute atomic E-state index is 0.103. The van der Waals surface area contributed by atoms with Crippen LogP contribution in [0.15, 0.2) is 0 Å². The topological polar surface area (TPSA) is 58.6 Å². The maximum atomic E-state index is 11.6. The highest BCUT2D eigenvalue weighted by molar-refractivity contribution is 7.90. The SMILES string of the molecule is CC1CN(CCCCNS(=O)(=O)C2CC2)CC(C)O1. The smallest absolute Gasteiger partial charge is 0.214 e. The zero-order valence-corrected chi connectivity index (χ0v) is 12.8. The molecule has 2 unspecified atom stereocenters. The van der Waals surface area contributed by atoms with Gasteiger partial charge in [-0.1, -0.05) is 0 Å². The number of hydrogen-bond acceptors (Lipinski definition) is 4. The highest BCUT2D eigenvalue weighted by atomic mass is 32.2. The van der Waals surface area contributed by atoms with Gasteiger partial charge in [-0.2, -0.15) is 0 Å². The number of sulfonamides is 1. The lowest BCUT2D eigenvalue weighted by Crippen LogP contribution is -2.45. The molecule has 0 bridgehead atoms. The average Bonchev–Trinajstić information content (AvgIpc) is 3.10. The van der Waals surface area contributed by atoms with Crippen molar-refractivity contribution in [3.05, 3.63) is 0 Å². The Hall–Kier alpha value is -0.170. The molecule has 112 valence electrons. The number of hydrogen-bond donors (Lipinski definition) is 1. The van der Waals surface area contributed by atoms with E-state index >= 15 is 0 Å². The molecule has 1 aliphatic carbocycles. The molecule has 19 heavy (non-hydrogen) atoms. The molecule has 2 rings (SSSR count). The Bertz CT molecular complexity index is 371. The lowest BCUT2D eigenvalue weighted by molar-refractivity contribution is -0.0681. The van der Waals surface area contributed by atoms with E-state index in [1.165, 1.54) is 0 Å². The van der Waals surface area contributed by atoms with E-state index < -0.39 is 10.0 Å². The number of nitrogens with zero attached hydrogens (tertiary/aromatic N) is 1. The van der Waals surface area contributed by atoms with E-state index in [4.69, 9.17) is 4.74 Å². The Balaban J connectivity index is 1.56. The monoisotopic (exact) mass is 290 g/mol. The van der Waals surface area contributed by atoms with Gasteiger partial charge in [0.1, 0.15) is 0 Å². The molecule has 5 nitrogen and oxygen atoms in total. The van der Waals surface area contributed by atoms with Crippen molar-refractivity contribution in [1.29, 1.82) is 0 Å². The maximum absolute atomic E-state index is 11.6. The molecule has 0 aromatic carbocycles. The molecule has 0 aromatic heterocycles.